The van der Waals surface area contributed by atoms with Crippen molar-refractivity contribution in [1.29, 1.82) is 0 Å². The maximum atomic E-state index is 12.9. The number of nitrogens with one attached hydrogen (secondary N) is 1. The highest BCUT2D eigenvalue weighted by atomic mass is 31.2. The van der Waals surface area contributed by atoms with E-state index >= 15 is 0 Å². The molecule has 1 rings (SSSR count). The van der Waals surface area contributed by atoms with Crippen LogP contribution in [0.3, 0.4) is 0 Å². The van der Waals surface area contributed by atoms with E-state index in [9.17, 15) is 72.3 Å². The van der Waals surface area contributed by atoms with Crippen LogP contribution in [0.25, 0.3) is 0 Å². The zero-order valence-electron chi connectivity index (χ0n) is 40.5. The highest BCUT2D eigenvalue weighted by Gasteiger charge is 2.59. The molecule has 8 atom stereocenters. The van der Waals surface area contributed by atoms with Gasteiger partial charge in [-0.25, -0.2) is 18.3 Å². The van der Waals surface area contributed by atoms with Crippen molar-refractivity contribution in [2.45, 2.75) is 166 Å². The fourth-order valence-corrected chi connectivity index (χ4v) is 8.76. The molecule has 1 aliphatic carbocycles. The van der Waals surface area contributed by atoms with Crippen molar-refractivity contribution < 1.29 is 128 Å². The van der Waals surface area contributed by atoms with Crippen molar-refractivity contribution in [3.63, 3.8) is 0 Å². The van der Waals surface area contributed by atoms with Gasteiger partial charge in [-0.2, -0.15) is 0 Å². The van der Waals surface area contributed by atoms with Gasteiger partial charge in [0.25, 0.3) is 0 Å². The SMILES string of the molecule is CC#CC#CC#CC#CC#CC#CC#CNC(=O)CCC.CCCCCCCCCCCCCCCC(=O)O[C@H](COCO)COP(=O)(O)OC1C(O)[C@H](OP(=O)(O)O)C(OP(=O)(O)O)C(OP(=O)(O)O)[C@@H]1O.[HH].[HH].[HH].[HH].[HH].[HH].[HH].[HH].[HH].[HH].[HH].[HH].[HH]. The van der Waals surface area contributed by atoms with Gasteiger partial charge in [-0.3, -0.25) is 37.5 Å². The number of hydrogen-bond donors (Lipinski definition) is 11. The Balaban J connectivity index is -0.000000110. The van der Waals surface area contributed by atoms with Crippen molar-refractivity contribution in [2.24, 2.45) is 0 Å². The van der Waals surface area contributed by atoms with Crippen LogP contribution in [0.2, 0.25) is 0 Å². The van der Waals surface area contributed by atoms with Gasteiger partial charge >= 0.3 is 37.3 Å². The standard InChI is InChI=1S/C26H54O22P4.C19H11NO.13H2/c1-2-3-4-5-6-7-8-9-10-11-12-13-14-15-20(28)44-19(16-42-18-27)17-43-52(40,41)48-23-21(29)24(45-49(31,32)33)26(47-51(37,38)39)25(22(23)30)46-50(34,35)36;1-3-5-6-7-8-9-10-11-12-13-14-15-16-18-20-19(21)17-4-2;;;;;;;;;;;;;/h19,21-27,29-30H,2-18H2,1H3,(H,40,41)(H2,31,32,33)(H2,34,35,36)(H2,37,38,39);4,17H2,1-2H3,(H,20,21);13*1H/t19-,21-,22?,23?,24?,25+,26?;;;;;;;;;;;;;;/m1............../s1. The number of unbranched alkanes of at least 4 members (excludes halogenated alkanes) is 12. The number of rotatable bonds is 31. The van der Waals surface area contributed by atoms with E-state index in [1.54, 1.807) is 6.92 Å². The van der Waals surface area contributed by atoms with Crippen LogP contribution in [-0.4, -0.2) is 124 Å². The molecule has 73 heavy (non-hydrogen) atoms. The minimum absolute atomic E-state index is 0. The minimum atomic E-state index is -5.75. The van der Waals surface area contributed by atoms with E-state index in [2.05, 4.69) is 109 Å². The first-order valence-corrected chi connectivity index (χ1v) is 28.8. The second-order valence-electron chi connectivity index (χ2n) is 15.3. The van der Waals surface area contributed by atoms with Gasteiger partial charge in [0, 0.05) is 73.0 Å². The molecule has 1 amide bonds. The molecule has 0 aromatic rings. The quantitative estimate of drug-likeness (QED) is 0.00930. The Bertz CT molecular complexity index is 2350. The van der Waals surface area contributed by atoms with Crippen LogP contribution < -0.4 is 5.32 Å². The fraction of sp³-hybridized carbons (Fsp3) is 0.644. The van der Waals surface area contributed by atoms with E-state index in [0.29, 0.717) is 12.8 Å². The van der Waals surface area contributed by atoms with Gasteiger partial charge in [-0.05, 0) is 55.3 Å². The molecular weight excluding hydrogens is 1050 g/mol. The van der Waals surface area contributed by atoms with Crippen molar-refractivity contribution in [3.05, 3.63) is 0 Å². The number of phosphoric ester groups is 4. The molecule has 434 valence electrons. The zero-order chi connectivity index (χ0) is 55.2. The lowest BCUT2D eigenvalue weighted by Crippen LogP contribution is -2.65. The third kappa shape index (κ3) is 38.4. The first-order valence-electron chi connectivity index (χ1n) is 22.7. The van der Waals surface area contributed by atoms with E-state index in [-0.39, 0.29) is 30.9 Å². The van der Waals surface area contributed by atoms with Gasteiger partial charge < -0.3 is 59.0 Å². The number of carbonyl (C=O) groups excluding carboxylic acids is 2. The predicted octanol–water partition coefficient (Wildman–Crippen LogP) is 6.12. The Labute approximate surface area is 445 Å². The Morgan fingerprint density at radius 3 is 1.36 bits per heavy atom. The van der Waals surface area contributed by atoms with Gasteiger partial charge in [0.15, 0.2) is 0 Å². The van der Waals surface area contributed by atoms with Gasteiger partial charge in [0.2, 0.25) is 5.91 Å². The number of hydrogen-bond acceptors (Lipinski definition) is 16. The first kappa shape index (κ1) is 69.1. The number of ether oxygens (including phenoxy) is 2. The number of esters is 1. The van der Waals surface area contributed by atoms with Crippen molar-refractivity contribution >= 4 is 43.2 Å². The van der Waals surface area contributed by atoms with Crippen LogP contribution in [0.15, 0.2) is 0 Å². The molecule has 1 fully saturated rings. The molecule has 0 spiro atoms. The lowest BCUT2D eigenvalue weighted by Gasteiger charge is -2.45. The van der Waals surface area contributed by atoms with Gasteiger partial charge in [0.1, 0.15) is 49.5 Å². The maximum absolute atomic E-state index is 12.9. The molecule has 0 aromatic carbocycles. The lowest BCUT2D eigenvalue weighted by atomic mass is 9.85. The van der Waals surface area contributed by atoms with E-state index < -0.39 is 100.0 Å². The maximum Gasteiger partial charge on any atom is 0.472 e. The molecule has 0 bridgehead atoms. The predicted molar refractivity (Wildman–Crippen MR) is 287 cm³/mol. The second kappa shape index (κ2) is 39.5. The smallest absolute Gasteiger partial charge is 0.457 e. The van der Waals surface area contributed by atoms with Gasteiger partial charge in [-0.1, -0.05) is 96.8 Å². The molecule has 1 aliphatic rings. The lowest BCUT2D eigenvalue weighted by molar-refractivity contribution is -0.209. The summed E-state index contributed by atoms with van der Waals surface area (Å²) in [6, 6.07) is 2.43. The molecular formula is C45H91NO23P4. The topological polar surface area (TPSA) is 381 Å². The highest BCUT2D eigenvalue weighted by Crippen LogP contribution is 2.53. The van der Waals surface area contributed by atoms with Crippen molar-refractivity contribution in [3.8, 4) is 83.0 Å². The molecule has 28 heteroatoms. The molecule has 0 aromatic heterocycles. The highest BCUT2D eigenvalue weighted by molar-refractivity contribution is 7.47. The summed E-state index contributed by atoms with van der Waals surface area (Å²) in [5.74, 6) is 31.7. The normalized spacial score (nSPS) is 19.2. The van der Waals surface area contributed by atoms with Crippen LogP contribution in [0.5, 0.6) is 0 Å². The number of amides is 1. The molecule has 0 aliphatic heterocycles. The van der Waals surface area contributed by atoms with Crippen LogP contribution in [0.4, 0.5) is 0 Å². The Morgan fingerprint density at radius 1 is 0.534 bits per heavy atom. The number of carbonyl (C=O) groups is 2. The number of aliphatic hydroxyl groups excluding tert-OH is 3. The van der Waals surface area contributed by atoms with E-state index in [1.807, 2.05) is 6.92 Å². The zero-order valence-corrected chi connectivity index (χ0v) is 44.1. The first-order chi connectivity index (χ1) is 34.4. The Morgan fingerprint density at radius 2 is 0.945 bits per heavy atom. The summed E-state index contributed by atoms with van der Waals surface area (Å²) in [6.45, 7) is 3.44. The minimum Gasteiger partial charge on any atom is -0.457 e. The summed E-state index contributed by atoms with van der Waals surface area (Å²) in [5.41, 5.74) is 0. The Hall–Kier alpha value is -3.86. The molecule has 0 saturated heterocycles. The number of aliphatic hydroxyl groups is 3. The molecule has 1 saturated carbocycles. The summed E-state index contributed by atoms with van der Waals surface area (Å²) < 4.78 is 79.8. The third-order valence-corrected chi connectivity index (χ3v) is 11.7. The monoisotopic (exact) mass is 1140 g/mol. The van der Waals surface area contributed by atoms with Gasteiger partial charge in [-0.15, -0.1) is 0 Å². The van der Waals surface area contributed by atoms with E-state index in [4.69, 9.17) is 23.6 Å². The third-order valence-electron chi connectivity index (χ3n) is 9.18. The summed E-state index contributed by atoms with van der Waals surface area (Å²) in [5, 5.41) is 32.8. The molecule has 11 N–H and O–H groups in total. The van der Waals surface area contributed by atoms with E-state index in [0.717, 1.165) is 38.5 Å². The molecule has 0 radical (unpaired) electrons. The largest absolute Gasteiger partial charge is 0.472 e. The Kier molecular flexibility index (Phi) is 37.4. The summed E-state index contributed by atoms with van der Waals surface area (Å²) in [6.07, 6.45) is -2.44. The van der Waals surface area contributed by atoms with Crippen molar-refractivity contribution in [1.82, 2.24) is 5.32 Å². The van der Waals surface area contributed by atoms with Crippen molar-refractivity contribution in [2.75, 3.05) is 20.0 Å². The van der Waals surface area contributed by atoms with Crippen LogP contribution in [-0.2, 0) is 59.9 Å². The molecule has 0 heterocycles. The average Bonchev–Trinajstić information content (AvgIpc) is 3.29. The summed E-state index contributed by atoms with van der Waals surface area (Å²) in [7, 11) is -22.8. The van der Waals surface area contributed by atoms with Crippen LogP contribution in [0.1, 0.15) is 142 Å². The van der Waals surface area contributed by atoms with Gasteiger partial charge in [0.05, 0.1) is 13.2 Å². The fourth-order valence-electron chi connectivity index (χ4n) is 6.11. The number of phosphoric acid groups is 4. The summed E-state index contributed by atoms with van der Waals surface area (Å²) >= 11 is 0. The van der Waals surface area contributed by atoms with Crippen LogP contribution in [0, 0.1) is 83.0 Å². The van der Waals surface area contributed by atoms with E-state index in [1.165, 1.54) is 44.9 Å². The summed E-state index contributed by atoms with van der Waals surface area (Å²) in [4.78, 5) is 89.4. The molecule has 24 nitrogen and oxygen atoms in total. The van der Waals surface area contributed by atoms with Crippen LogP contribution >= 0.6 is 31.3 Å². The molecule has 5 unspecified atom stereocenters. The average molecular weight is 1140 g/mol. The second-order valence-corrected chi connectivity index (χ2v) is 20.3.